The van der Waals surface area contributed by atoms with E-state index in [0.29, 0.717) is 6.54 Å². The van der Waals surface area contributed by atoms with Crippen molar-refractivity contribution < 1.29 is 22.0 Å². The third-order valence-electron chi connectivity index (χ3n) is 2.33. The Hall–Kier alpha value is -1.74. The lowest BCUT2D eigenvalue weighted by Crippen LogP contribution is -2.31. The average molecular weight is 307 g/mol. The fourth-order valence-corrected chi connectivity index (χ4v) is 1.85. The van der Waals surface area contributed by atoms with Crippen LogP contribution in [-0.2, 0) is 10.0 Å². The minimum absolute atomic E-state index is 0.240. The van der Waals surface area contributed by atoms with Crippen LogP contribution in [0.15, 0.2) is 12.1 Å². The molecule has 0 radical (unpaired) electrons. The Bertz CT molecular complexity index is 582. The second kappa shape index (κ2) is 6.62. The summed E-state index contributed by atoms with van der Waals surface area (Å²) in [6.07, 6.45) is 0. The van der Waals surface area contributed by atoms with E-state index in [1.54, 1.807) is 6.92 Å². The van der Waals surface area contributed by atoms with Crippen LogP contribution in [0.2, 0.25) is 0 Å². The van der Waals surface area contributed by atoms with Crippen molar-refractivity contribution >= 4 is 21.6 Å². The van der Waals surface area contributed by atoms with Gasteiger partial charge < -0.3 is 10.6 Å². The molecule has 0 aliphatic carbocycles. The number of anilines is 1. The summed E-state index contributed by atoms with van der Waals surface area (Å²) in [5, 5.41) is 9.46. The Kier molecular flexibility index (Phi) is 5.40. The van der Waals surface area contributed by atoms with Gasteiger partial charge in [-0.1, -0.05) is 0 Å². The fourth-order valence-electron chi connectivity index (χ4n) is 1.46. The van der Waals surface area contributed by atoms with E-state index in [1.807, 2.05) is 0 Å². The molecule has 0 atom stereocenters. The van der Waals surface area contributed by atoms with Gasteiger partial charge in [0.25, 0.3) is 5.91 Å². The van der Waals surface area contributed by atoms with E-state index >= 15 is 0 Å². The molecule has 112 valence electrons. The number of sulfonamides is 1. The number of benzene rings is 1. The molecule has 0 aromatic heterocycles. The van der Waals surface area contributed by atoms with Gasteiger partial charge in [0, 0.05) is 18.7 Å². The Labute approximate surface area is 115 Å². The van der Waals surface area contributed by atoms with Crippen molar-refractivity contribution in [2.75, 3.05) is 24.2 Å². The molecule has 4 N–H and O–H groups in total. The first kappa shape index (κ1) is 16.3. The second-order valence-electron chi connectivity index (χ2n) is 3.97. The van der Waals surface area contributed by atoms with Crippen molar-refractivity contribution in [2.45, 2.75) is 6.92 Å². The van der Waals surface area contributed by atoms with Crippen LogP contribution in [0, 0.1) is 11.6 Å². The molecule has 6 nitrogen and oxygen atoms in total. The lowest BCUT2D eigenvalue weighted by Gasteiger charge is -2.09. The van der Waals surface area contributed by atoms with E-state index < -0.39 is 33.3 Å². The summed E-state index contributed by atoms with van der Waals surface area (Å²) in [6.45, 7) is 1.76. The highest BCUT2D eigenvalue weighted by Crippen LogP contribution is 2.20. The van der Waals surface area contributed by atoms with Gasteiger partial charge in [-0.25, -0.2) is 22.3 Å². The Balaban J connectivity index is 2.79. The summed E-state index contributed by atoms with van der Waals surface area (Å²) in [6, 6.07) is 1.74. The molecule has 0 aliphatic heterocycles. The number of primary sulfonamides is 1. The lowest BCUT2D eigenvalue weighted by molar-refractivity contribution is 0.0955. The van der Waals surface area contributed by atoms with Gasteiger partial charge in [0.15, 0.2) is 0 Å². The predicted molar refractivity (Wildman–Crippen MR) is 70.8 cm³/mol. The van der Waals surface area contributed by atoms with E-state index in [-0.39, 0.29) is 17.8 Å². The van der Waals surface area contributed by atoms with Crippen LogP contribution in [0.3, 0.4) is 0 Å². The van der Waals surface area contributed by atoms with Crippen LogP contribution in [0.5, 0.6) is 0 Å². The monoisotopic (exact) mass is 307 g/mol. The third-order valence-corrected chi connectivity index (χ3v) is 3.10. The van der Waals surface area contributed by atoms with Crippen molar-refractivity contribution in [1.29, 1.82) is 0 Å². The highest BCUT2D eigenvalue weighted by atomic mass is 32.2. The quantitative estimate of drug-likeness (QED) is 0.708. The van der Waals surface area contributed by atoms with Crippen molar-refractivity contribution in [3.8, 4) is 0 Å². The van der Waals surface area contributed by atoms with Crippen LogP contribution in [-0.4, -0.2) is 33.2 Å². The van der Waals surface area contributed by atoms with Crippen molar-refractivity contribution in [1.82, 2.24) is 5.32 Å². The first-order valence-corrected chi connectivity index (χ1v) is 7.47. The molecule has 0 heterocycles. The first-order valence-electron chi connectivity index (χ1n) is 5.76. The average Bonchev–Trinajstić information content (AvgIpc) is 2.31. The van der Waals surface area contributed by atoms with E-state index in [9.17, 15) is 22.0 Å². The van der Waals surface area contributed by atoms with Crippen molar-refractivity contribution in [2.24, 2.45) is 5.14 Å². The topological polar surface area (TPSA) is 101 Å². The molecule has 0 bridgehead atoms. The summed E-state index contributed by atoms with van der Waals surface area (Å²) in [5.74, 6) is -3.04. The Morgan fingerprint density at radius 1 is 1.30 bits per heavy atom. The summed E-state index contributed by atoms with van der Waals surface area (Å²) in [7, 11) is -3.71. The molecule has 1 amide bonds. The van der Waals surface area contributed by atoms with E-state index in [4.69, 9.17) is 5.14 Å². The molecule has 1 aromatic carbocycles. The molecule has 9 heteroatoms. The smallest absolute Gasteiger partial charge is 0.251 e. The van der Waals surface area contributed by atoms with Crippen molar-refractivity contribution in [3.05, 3.63) is 29.3 Å². The number of hydrogen-bond acceptors (Lipinski definition) is 4. The SMILES string of the molecule is CCNc1c(F)cc(C(=O)NCCS(N)(=O)=O)cc1F. The molecule has 0 unspecified atom stereocenters. The number of nitrogens with one attached hydrogen (secondary N) is 2. The number of halogens is 2. The summed E-state index contributed by atoms with van der Waals surface area (Å²) >= 11 is 0. The summed E-state index contributed by atoms with van der Waals surface area (Å²) in [4.78, 5) is 11.6. The van der Waals surface area contributed by atoms with Crippen LogP contribution in [0.1, 0.15) is 17.3 Å². The molecule has 0 aliphatic rings. The zero-order valence-corrected chi connectivity index (χ0v) is 11.6. The molecular formula is C11H15F2N3O3S. The van der Waals surface area contributed by atoms with Gasteiger partial charge >= 0.3 is 0 Å². The molecule has 0 saturated carbocycles. The second-order valence-corrected chi connectivity index (χ2v) is 5.70. The normalized spacial score (nSPS) is 11.2. The zero-order chi connectivity index (χ0) is 15.3. The van der Waals surface area contributed by atoms with Gasteiger partial charge in [-0.3, -0.25) is 4.79 Å². The van der Waals surface area contributed by atoms with Gasteiger partial charge in [0.2, 0.25) is 10.0 Å². The van der Waals surface area contributed by atoms with Crippen LogP contribution in [0.25, 0.3) is 0 Å². The van der Waals surface area contributed by atoms with Gasteiger partial charge in [0.05, 0.1) is 5.75 Å². The summed E-state index contributed by atoms with van der Waals surface area (Å²) in [5.41, 5.74) is -0.551. The van der Waals surface area contributed by atoms with Crippen LogP contribution < -0.4 is 15.8 Å². The predicted octanol–water partition coefficient (Wildman–Crippen LogP) is 0.415. The Morgan fingerprint density at radius 3 is 2.30 bits per heavy atom. The number of carbonyl (C=O) groups excluding carboxylic acids is 1. The minimum atomic E-state index is -3.71. The number of carbonyl (C=O) groups is 1. The fraction of sp³-hybridized carbons (Fsp3) is 0.364. The van der Waals surface area contributed by atoms with Crippen molar-refractivity contribution in [3.63, 3.8) is 0 Å². The van der Waals surface area contributed by atoms with Gasteiger partial charge in [-0.2, -0.15) is 0 Å². The number of nitrogens with two attached hydrogens (primary N) is 1. The number of amides is 1. The largest absolute Gasteiger partial charge is 0.381 e. The molecule has 0 spiro atoms. The maximum atomic E-state index is 13.6. The maximum Gasteiger partial charge on any atom is 0.251 e. The van der Waals surface area contributed by atoms with E-state index in [0.717, 1.165) is 12.1 Å². The highest BCUT2D eigenvalue weighted by molar-refractivity contribution is 7.89. The number of rotatable bonds is 6. The minimum Gasteiger partial charge on any atom is -0.381 e. The highest BCUT2D eigenvalue weighted by Gasteiger charge is 2.15. The van der Waals surface area contributed by atoms with Crippen LogP contribution >= 0.6 is 0 Å². The molecule has 1 rings (SSSR count). The molecule has 0 fully saturated rings. The zero-order valence-electron chi connectivity index (χ0n) is 10.7. The van der Waals surface area contributed by atoms with E-state index in [1.165, 1.54) is 0 Å². The maximum absolute atomic E-state index is 13.6. The number of hydrogen-bond donors (Lipinski definition) is 3. The first-order chi connectivity index (χ1) is 9.24. The molecular weight excluding hydrogens is 292 g/mol. The van der Waals surface area contributed by atoms with Crippen LogP contribution in [0.4, 0.5) is 14.5 Å². The lowest BCUT2D eigenvalue weighted by atomic mass is 10.1. The van der Waals surface area contributed by atoms with E-state index in [2.05, 4.69) is 10.6 Å². The van der Waals surface area contributed by atoms with Gasteiger partial charge in [-0.15, -0.1) is 0 Å². The summed E-state index contributed by atoms with van der Waals surface area (Å²) < 4.78 is 48.5. The molecule has 20 heavy (non-hydrogen) atoms. The van der Waals surface area contributed by atoms with Gasteiger partial charge in [0.1, 0.15) is 17.3 Å². The third kappa shape index (κ3) is 4.74. The van der Waals surface area contributed by atoms with Gasteiger partial charge in [-0.05, 0) is 19.1 Å². The standard InChI is InChI=1S/C11H15F2N3O3S/c1-2-15-10-8(12)5-7(6-9(10)13)11(17)16-3-4-20(14,18)19/h5-6,15H,2-4H2,1H3,(H,16,17)(H2,14,18,19). The Morgan fingerprint density at radius 2 is 1.85 bits per heavy atom. The molecule has 1 aromatic rings. The molecule has 0 saturated heterocycles.